The lowest BCUT2D eigenvalue weighted by Crippen LogP contribution is -2.30. The number of hydrogen-bond acceptors (Lipinski definition) is 4. The summed E-state index contributed by atoms with van der Waals surface area (Å²) in [5.41, 5.74) is 9.57. The van der Waals surface area contributed by atoms with Crippen molar-refractivity contribution < 1.29 is 9.30 Å². The van der Waals surface area contributed by atoms with Crippen molar-refractivity contribution in [3.8, 4) is 56.8 Å². The van der Waals surface area contributed by atoms with Gasteiger partial charge in [0, 0.05) is 27.8 Å². The Labute approximate surface area is 329 Å². The first-order valence-electron chi connectivity index (χ1n) is 18.9. The maximum atomic E-state index is 15.4. The number of rotatable bonds is 6. The van der Waals surface area contributed by atoms with Gasteiger partial charge in [-0.25, -0.2) is 9.97 Å². The molecule has 0 saturated carbocycles. The standard InChI is InChI=1S/C50H33N4O2P/c55-57(40-20-8-3-9-21-40)47-27-15-14-26-45(47)56-46-33-34(28-29-48(46)57)35-30-36(49-51-41-22-10-12-24-43(41)53(49)38-16-4-1-5-17-38)32-37(31-35)50-52-42-23-11-13-25-44(42)54(50)39-18-6-2-7-19-39/h1-33H. The third-order valence-corrected chi connectivity index (χ3v) is 13.9. The Morgan fingerprint density at radius 1 is 0.404 bits per heavy atom. The highest BCUT2D eigenvalue weighted by atomic mass is 31.2. The van der Waals surface area contributed by atoms with E-state index < -0.39 is 7.14 Å². The highest BCUT2D eigenvalue weighted by Gasteiger charge is 2.39. The second-order valence-electron chi connectivity index (χ2n) is 14.2. The van der Waals surface area contributed by atoms with Crippen LogP contribution < -0.4 is 20.7 Å². The second-order valence-corrected chi connectivity index (χ2v) is 16.9. The molecule has 2 aromatic heterocycles. The minimum absolute atomic E-state index is 0.582. The quantitative estimate of drug-likeness (QED) is 0.159. The van der Waals surface area contributed by atoms with Crippen molar-refractivity contribution in [3.63, 3.8) is 0 Å². The molecule has 0 radical (unpaired) electrons. The van der Waals surface area contributed by atoms with E-state index in [0.717, 1.165) is 72.6 Å². The van der Waals surface area contributed by atoms with E-state index in [2.05, 4.69) is 118 Å². The summed E-state index contributed by atoms with van der Waals surface area (Å²) >= 11 is 0. The van der Waals surface area contributed by atoms with E-state index in [1.807, 2.05) is 91.0 Å². The van der Waals surface area contributed by atoms with Crippen LogP contribution in [0, 0.1) is 0 Å². The number of para-hydroxylation sites is 7. The van der Waals surface area contributed by atoms with Gasteiger partial charge in [0.25, 0.3) is 0 Å². The van der Waals surface area contributed by atoms with E-state index in [0.29, 0.717) is 22.1 Å². The van der Waals surface area contributed by atoms with Gasteiger partial charge < -0.3 is 9.30 Å². The molecule has 0 spiro atoms. The lowest BCUT2D eigenvalue weighted by molar-refractivity contribution is 0.485. The van der Waals surface area contributed by atoms with Gasteiger partial charge in [0.1, 0.15) is 23.1 Å². The van der Waals surface area contributed by atoms with Crippen LogP contribution >= 0.6 is 7.14 Å². The van der Waals surface area contributed by atoms with Gasteiger partial charge in [-0.15, -0.1) is 0 Å². The van der Waals surface area contributed by atoms with Gasteiger partial charge in [-0.05, 0) is 102 Å². The number of imidazole rings is 2. The molecule has 7 heteroatoms. The van der Waals surface area contributed by atoms with E-state index >= 15 is 4.57 Å². The highest BCUT2D eigenvalue weighted by molar-refractivity contribution is 7.85. The third kappa shape index (κ3) is 5.37. The van der Waals surface area contributed by atoms with Crippen molar-refractivity contribution in [2.24, 2.45) is 0 Å². The summed E-state index contributed by atoms with van der Waals surface area (Å²) < 4.78 is 26.5. The van der Waals surface area contributed by atoms with Crippen molar-refractivity contribution in [2.45, 2.75) is 0 Å². The number of hydrogen-bond donors (Lipinski definition) is 0. The zero-order valence-corrected chi connectivity index (χ0v) is 31.5. The summed E-state index contributed by atoms with van der Waals surface area (Å²) in [7, 11) is -3.24. The summed E-state index contributed by atoms with van der Waals surface area (Å²) in [5, 5.41) is 2.17. The molecule has 8 aromatic carbocycles. The molecule has 11 rings (SSSR count). The number of nitrogens with zero attached hydrogens (tertiary/aromatic N) is 4. The van der Waals surface area contributed by atoms with Gasteiger partial charge in [0.15, 0.2) is 7.14 Å². The topological polar surface area (TPSA) is 61.9 Å². The van der Waals surface area contributed by atoms with Crippen LogP contribution in [0.3, 0.4) is 0 Å². The molecule has 1 unspecified atom stereocenters. The van der Waals surface area contributed by atoms with Crippen LogP contribution in [0.5, 0.6) is 11.5 Å². The summed E-state index contributed by atoms with van der Waals surface area (Å²) in [6.45, 7) is 0. The van der Waals surface area contributed by atoms with Crippen molar-refractivity contribution in [1.82, 2.24) is 19.1 Å². The molecule has 0 bridgehead atoms. The van der Waals surface area contributed by atoms with Crippen molar-refractivity contribution in [1.29, 1.82) is 0 Å². The molecule has 0 fully saturated rings. The molecule has 0 aliphatic carbocycles. The second kappa shape index (κ2) is 13.2. The molecule has 1 aliphatic rings. The predicted molar refractivity (Wildman–Crippen MR) is 231 cm³/mol. The van der Waals surface area contributed by atoms with Gasteiger partial charge in [0.2, 0.25) is 0 Å². The van der Waals surface area contributed by atoms with Gasteiger partial charge >= 0.3 is 0 Å². The van der Waals surface area contributed by atoms with E-state index in [4.69, 9.17) is 14.7 Å². The zero-order valence-electron chi connectivity index (χ0n) is 30.6. The molecule has 3 heterocycles. The van der Waals surface area contributed by atoms with Gasteiger partial charge in [-0.3, -0.25) is 9.13 Å². The molecule has 1 aliphatic heterocycles. The van der Waals surface area contributed by atoms with Crippen molar-refractivity contribution in [3.05, 3.63) is 200 Å². The van der Waals surface area contributed by atoms with Gasteiger partial charge in [-0.1, -0.05) is 109 Å². The maximum Gasteiger partial charge on any atom is 0.178 e. The fraction of sp³-hybridized carbons (Fsp3) is 0. The summed E-state index contributed by atoms with van der Waals surface area (Å²) in [4.78, 5) is 10.5. The molecule has 1 atom stereocenters. The molecule has 6 nitrogen and oxygen atoms in total. The first-order valence-corrected chi connectivity index (χ1v) is 20.6. The molecule has 270 valence electrons. The number of ether oxygens (including phenoxy) is 1. The Morgan fingerprint density at radius 2 is 0.877 bits per heavy atom. The third-order valence-electron chi connectivity index (χ3n) is 10.8. The van der Waals surface area contributed by atoms with E-state index in [-0.39, 0.29) is 0 Å². The minimum atomic E-state index is -3.24. The van der Waals surface area contributed by atoms with E-state index in [9.17, 15) is 0 Å². The lowest BCUT2D eigenvalue weighted by atomic mass is 9.98. The van der Waals surface area contributed by atoms with Crippen molar-refractivity contribution in [2.75, 3.05) is 0 Å². The minimum Gasteiger partial charge on any atom is -0.456 e. The largest absolute Gasteiger partial charge is 0.456 e. The van der Waals surface area contributed by atoms with Gasteiger partial charge in [-0.2, -0.15) is 0 Å². The molecule has 0 amide bonds. The zero-order chi connectivity index (χ0) is 37.9. The number of fused-ring (bicyclic) bond motifs is 4. The van der Waals surface area contributed by atoms with Crippen LogP contribution in [0.2, 0.25) is 0 Å². The summed E-state index contributed by atoms with van der Waals surface area (Å²) in [6.07, 6.45) is 0. The Balaban J connectivity index is 1.17. The average Bonchev–Trinajstić information content (AvgIpc) is 3.87. The van der Waals surface area contributed by atoms with Crippen LogP contribution in [0.15, 0.2) is 200 Å². The average molecular weight is 753 g/mol. The fourth-order valence-electron chi connectivity index (χ4n) is 8.17. The van der Waals surface area contributed by atoms with Crippen LogP contribution in [0.25, 0.3) is 67.3 Å². The van der Waals surface area contributed by atoms with Crippen molar-refractivity contribution >= 4 is 45.1 Å². The van der Waals surface area contributed by atoms with Crippen LogP contribution in [-0.4, -0.2) is 19.1 Å². The number of aromatic nitrogens is 4. The van der Waals surface area contributed by atoms with Crippen LogP contribution in [0.1, 0.15) is 0 Å². The Morgan fingerprint density at radius 3 is 1.47 bits per heavy atom. The Kier molecular flexibility index (Phi) is 7.66. The highest BCUT2D eigenvalue weighted by Crippen LogP contribution is 2.52. The molecular formula is C50H33N4O2P. The Hall–Kier alpha value is -7.27. The number of benzene rings is 8. The molecule has 0 N–H and O–H groups in total. The van der Waals surface area contributed by atoms with E-state index in [1.54, 1.807) is 0 Å². The Bertz CT molecular complexity index is 3060. The fourth-order valence-corrected chi connectivity index (χ4v) is 11.0. The maximum absolute atomic E-state index is 15.4. The normalized spacial score (nSPS) is 14.6. The van der Waals surface area contributed by atoms with E-state index in [1.165, 1.54) is 0 Å². The molecule has 0 saturated heterocycles. The van der Waals surface area contributed by atoms with Crippen LogP contribution in [0.4, 0.5) is 0 Å². The SMILES string of the molecule is O=P1(c2ccccc2)c2ccccc2Oc2cc(-c3cc(-c4nc5ccccc5n4-c4ccccc4)cc(-c4nc5ccccc5n4-c4ccccc4)c3)ccc21. The molecular weight excluding hydrogens is 720 g/mol. The molecule has 57 heavy (non-hydrogen) atoms. The summed E-state index contributed by atoms with van der Waals surface area (Å²) in [5.74, 6) is 2.81. The smallest absolute Gasteiger partial charge is 0.178 e. The summed E-state index contributed by atoms with van der Waals surface area (Å²) in [6, 6.07) is 67.3. The van der Waals surface area contributed by atoms with Crippen LogP contribution in [-0.2, 0) is 4.57 Å². The van der Waals surface area contributed by atoms with Gasteiger partial charge in [0.05, 0.1) is 32.7 Å². The lowest BCUT2D eigenvalue weighted by Gasteiger charge is -2.29. The monoisotopic (exact) mass is 752 g/mol. The first kappa shape index (κ1) is 33.1. The molecule has 10 aromatic rings. The predicted octanol–water partition coefficient (Wildman–Crippen LogP) is 11.1. The first-order chi connectivity index (χ1) is 28.1.